The Morgan fingerprint density at radius 3 is 1.43 bits per heavy atom. The van der Waals surface area contributed by atoms with Gasteiger partial charge in [-0.15, -0.1) is 15.3 Å². The van der Waals surface area contributed by atoms with Crippen molar-refractivity contribution in [3.05, 3.63) is 173 Å². The van der Waals surface area contributed by atoms with Crippen LogP contribution in [-0.2, 0) is 30.4 Å². The second-order valence-electron chi connectivity index (χ2n) is 22.1. The topological polar surface area (TPSA) is 415 Å². The second kappa shape index (κ2) is 30.3. The number of carbonyl (C=O) groups excluding carboxylic acids is 2. The molecular formula is C63H61Cl2N19O11S3. The molecule has 0 bridgehead atoms. The van der Waals surface area contributed by atoms with Crippen molar-refractivity contribution < 1.29 is 48.5 Å². The number of nitrogens with one attached hydrogen (secondary N) is 7. The zero-order valence-electron chi connectivity index (χ0n) is 52.6. The molecule has 1 aliphatic heterocycles. The van der Waals surface area contributed by atoms with E-state index in [1.807, 2.05) is 37.9 Å². The molecule has 0 saturated carbocycles. The van der Waals surface area contributed by atoms with Gasteiger partial charge in [0.1, 0.15) is 31.7 Å². The summed E-state index contributed by atoms with van der Waals surface area (Å²) >= 11 is 12.4. The van der Waals surface area contributed by atoms with Gasteiger partial charge in [-0.1, -0.05) is 55.5 Å². The van der Waals surface area contributed by atoms with Gasteiger partial charge in [-0.3, -0.25) is 13.7 Å². The van der Waals surface area contributed by atoms with Crippen molar-refractivity contribution in [1.29, 1.82) is 0 Å². The third-order valence-electron chi connectivity index (χ3n) is 14.5. The highest BCUT2D eigenvalue weighted by Crippen LogP contribution is 2.39. The second-order valence-corrected chi connectivity index (χ2v) is 26.9. The lowest BCUT2D eigenvalue weighted by molar-refractivity contribution is 0.261. The molecule has 0 unspecified atom stereocenters. The largest absolute Gasteiger partial charge is 0.354 e. The first-order chi connectivity index (χ1) is 46.6. The summed E-state index contributed by atoms with van der Waals surface area (Å²) in [5, 5.41) is 38.1. The Morgan fingerprint density at radius 2 is 0.929 bits per heavy atom. The summed E-state index contributed by atoms with van der Waals surface area (Å²) in [4.78, 5) is 54.4. The van der Waals surface area contributed by atoms with E-state index in [-0.39, 0.29) is 49.5 Å². The number of hydrogen-bond donors (Lipinski definition) is 10. The molecule has 1 aliphatic rings. The van der Waals surface area contributed by atoms with Crippen molar-refractivity contribution in [1.82, 2.24) is 34.8 Å². The van der Waals surface area contributed by atoms with E-state index in [1.54, 1.807) is 105 Å². The quantitative estimate of drug-likeness (QED) is 0.0265. The van der Waals surface area contributed by atoms with Crippen LogP contribution in [-0.4, -0.2) is 126 Å². The number of anilines is 10. The molecule has 1 fully saturated rings. The molecule has 8 aromatic carbocycles. The molecule has 30 nitrogen and oxygen atoms in total. The molecule has 2 aromatic heterocycles. The van der Waals surface area contributed by atoms with Gasteiger partial charge in [-0.2, -0.15) is 60.3 Å². The number of carbonyl (C=O) groups is 2. The maximum absolute atomic E-state index is 13.1. The summed E-state index contributed by atoms with van der Waals surface area (Å²) in [6.07, 6.45) is 0.863. The molecule has 11 rings (SSSR count). The minimum absolute atomic E-state index is 0.000168. The SMILES string of the molecule is CCCNc1nc(Cl)nc(Nc2ccc(N=Nc3cc4c(S(=O)(=O)O)cc(C)cc4cc3C)c(NC(=O)Nc3ccccc3)c2)n1.Cc1cc(S(=O)(=O)O)c2cc(N=Nc3ccc(Nc4nc(Cl)nc(N5CCN(C)CC5)n4)cc3NC(=O)Nc3ccccc3)c(S(=O)(=O)O)cc2c1. The van der Waals surface area contributed by atoms with E-state index in [4.69, 9.17) is 23.2 Å². The number of amides is 4. The van der Waals surface area contributed by atoms with Crippen LogP contribution >= 0.6 is 23.2 Å². The summed E-state index contributed by atoms with van der Waals surface area (Å²) in [7, 11) is -12.1. The predicted molar refractivity (Wildman–Crippen MR) is 376 cm³/mol. The van der Waals surface area contributed by atoms with Crippen LogP contribution in [0.2, 0.25) is 10.6 Å². The number of benzene rings is 8. The van der Waals surface area contributed by atoms with Gasteiger partial charge in [0.25, 0.3) is 30.4 Å². The minimum atomic E-state index is -4.90. The first-order valence-corrected chi connectivity index (χ1v) is 34.7. The van der Waals surface area contributed by atoms with Crippen molar-refractivity contribution in [2.24, 2.45) is 20.5 Å². The first kappa shape index (κ1) is 70.3. The predicted octanol–water partition coefficient (Wildman–Crippen LogP) is 14.2. The van der Waals surface area contributed by atoms with Crippen LogP contribution in [0, 0.1) is 20.8 Å². The number of likely N-dealkylation sites (N-methyl/N-ethyl adjacent to an activating group) is 1. The van der Waals surface area contributed by atoms with Crippen LogP contribution in [0.25, 0.3) is 21.5 Å². The van der Waals surface area contributed by atoms with Gasteiger partial charge in [0.15, 0.2) is 0 Å². The molecule has 1 saturated heterocycles. The normalized spacial score (nSPS) is 12.9. The van der Waals surface area contributed by atoms with E-state index in [9.17, 15) is 48.5 Å². The van der Waals surface area contributed by atoms with E-state index < -0.39 is 57.9 Å². The number of hydrogen-bond acceptors (Lipinski definition) is 23. The lowest BCUT2D eigenvalue weighted by atomic mass is 10.0. The highest BCUT2D eigenvalue weighted by molar-refractivity contribution is 7.86. The van der Waals surface area contributed by atoms with Gasteiger partial charge in [0.2, 0.25) is 34.4 Å². The van der Waals surface area contributed by atoms with Crippen LogP contribution in [0.3, 0.4) is 0 Å². The summed E-state index contributed by atoms with van der Waals surface area (Å²) < 4.78 is 103. The van der Waals surface area contributed by atoms with Gasteiger partial charge in [0, 0.05) is 66.2 Å². The zero-order chi connectivity index (χ0) is 70.1. The standard InChI is InChI=1S/C32H31ClN10O7S2.C31H30ClN9O4S/c1-19-14-20-16-28(52(48,49)50)26(18-23(20)27(15-19)51(45,46)47)41-40-24-9-8-22(17-25(24)36-32(44)35-21-6-4-3-5-7-21)34-30-37-29(33)38-31(39-30)43-12-10-42(2)11-13-43;1-4-12-33-29-37-28(32)38-30(39-29)34-22-10-11-24(26(16-22)36-31(42)35-21-8-6-5-7-9-21)40-41-25-17-23-20(15-19(25)3)13-18(2)14-27(23)46(43,44)45/h3-9,14-18H,10-13H2,1-2H3,(H2,35,36,44)(H,45,46,47)(H,48,49,50)(H,34,37,38,39);5-11,13-17H,4,12H2,1-3H3,(H2,35,36,42)(H,43,44,45)(H2,33,34,37,38,39). The van der Waals surface area contributed by atoms with Gasteiger partial charge < -0.3 is 47.0 Å². The number of para-hydroxylation sites is 2. The average Bonchev–Trinajstić information content (AvgIpc) is 0.763. The molecule has 0 spiro atoms. The van der Waals surface area contributed by atoms with Crippen molar-refractivity contribution in [3.63, 3.8) is 0 Å². The van der Waals surface area contributed by atoms with E-state index in [0.29, 0.717) is 93.2 Å². The average molecular weight is 1430 g/mol. The summed E-state index contributed by atoms with van der Waals surface area (Å²) in [5.41, 5.74) is 4.41. The lowest BCUT2D eigenvalue weighted by Gasteiger charge is -2.32. The fourth-order valence-electron chi connectivity index (χ4n) is 9.88. The Bertz CT molecular complexity index is 5120. The maximum atomic E-state index is 13.1. The number of fused-ring (bicyclic) bond motifs is 2. The highest BCUT2D eigenvalue weighted by atomic mass is 35.5. The number of rotatable bonds is 19. The number of urea groups is 2. The van der Waals surface area contributed by atoms with Crippen molar-refractivity contribution in [3.8, 4) is 0 Å². The number of halogens is 2. The van der Waals surface area contributed by atoms with Gasteiger partial charge >= 0.3 is 12.1 Å². The Labute approximate surface area is 571 Å². The third-order valence-corrected chi connectivity index (χ3v) is 17.5. The van der Waals surface area contributed by atoms with E-state index in [0.717, 1.165) is 37.2 Å². The number of piperazine rings is 1. The molecular weight excluding hydrogens is 1370 g/mol. The van der Waals surface area contributed by atoms with E-state index in [2.05, 4.69) is 92.5 Å². The summed E-state index contributed by atoms with van der Waals surface area (Å²) in [5.74, 6) is 1.01. The minimum Gasteiger partial charge on any atom is -0.354 e. The lowest BCUT2D eigenvalue weighted by Crippen LogP contribution is -2.45. The Balaban J connectivity index is 0.000000214. The zero-order valence-corrected chi connectivity index (χ0v) is 56.5. The molecule has 98 heavy (non-hydrogen) atoms. The molecule has 10 aromatic rings. The highest BCUT2D eigenvalue weighted by Gasteiger charge is 2.24. The molecule has 4 amide bonds. The molecule has 506 valence electrons. The van der Waals surface area contributed by atoms with Crippen LogP contribution in [0.4, 0.5) is 90.3 Å². The van der Waals surface area contributed by atoms with Crippen LogP contribution in [0.5, 0.6) is 0 Å². The summed E-state index contributed by atoms with van der Waals surface area (Å²) in [6.45, 7) is 10.8. The van der Waals surface area contributed by atoms with Crippen LogP contribution in [0.15, 0.2) is 181 Å². The molecule has 0 atom stereocenters. The Hall–Kier alpha value is -10.5. The number of azo groups is 2. The van der Waals surface area contributed by atoms with E-state index in [1.165, 1.54) is 30.3 Å². The smallest absolute Gasteiger partial charge is 0.323 e. The number of nitrogens with zero attached hydrogens (tertiary/aromatic N) is 12. The molecule has 10 N–H and O–H groups in total. The molecule has 35 heteroatoms. The van der Waals surface area contributed by atoms with Crippen molar-refractivity contribution in [2.75, 3.05) is 81.9 Å². The van der Waals surface area contributed by atoms with Gasteiger partial charge in [-0.05, 0) is 182 Å². The van der Waals surface area contributed by atoms with Gasteiger partial charge in [-0.25, -0.2) is 9.59 Å². The first-order valence-electron chi connectivity index (χ1n) is 29.6. The fraction of sp³-hybridized carbons (Fsp3) is 0.175. The molecule has 3 heterocycles. The molecule has 0 radical (unpaired) electrons. The third kappa shape index (κ3) is 18.5. The van der Waals surface area contributed by atoms with Gasteiger partial charge in [0.05, 0.1) is 17.1 Å². The van der Waals surface area contributed by atoms with Crippen LogP contribution < -0.4 is 42.1 Å². The van der Waals surface area contributed by atoms with E-state index >= 15 is 0 Å². The Morgan fingerprint density at radius 1 is 0.480 bits per heavy atom. The summed E-state index contributed by atoms with van der Waals surface area (Å²) in [6, 6.07) is 37.1. The number of aromatic nitrogens is 6. The maximum Gasteiger partial charge on any atom is 0.323 e. The Kier molecular flexibility index (Phi) is 21.7. The fourth-order valence-corrected chi connectivity index (χ4v) is 12.4. The number of aryl methyl sites for hydroxylation is 3. The van der Waals surface area contributed by atoms with Crippen molar-refractivity contribution in [2.45, 2.75) is 48.8 Å². The molecule has 0 aliphatic carbocycles. The monoisotopic (exact) mass is 1430 g/mol. The van der Waals surface area contributed by atoms with Crippen LogP contribution in [0.1, 0.15) is 30.0 Å². The van der Waals surface area contributed by atoms with Crippen molar-refractivity contribution >= 4 is 168 Å².